The monoisotopic (exact) mass is 609 g/mol. The van der Waals surface area contributed by atoms with Gasteiger partial charge in [-0.25, -0.2) is 4.79 Å². The van der Waals surface area contributed by atoms with Crippen molar-refractivity contribution >= 4 is 27.7 Å². The molecule has 3 aliphatic rings. The average Bonchev–Trinajstić information content (AvgIpc) is 2.95. The van der Waals surface area contributed by atoms with Crippen molar-refractivity contribution in [1.82, 2.24) is 5.32 Å². The van der Waals surface area contributed by atoms with E-state index in [4.69, 9.17) is 14.2 Å². The Hall–Kier alpha value is -3.26. The second kappa shape index (κ2) is 12.1. The molecule has 8 heteroatoms. The minimum Gasteiger partial charge on any atom is -0.503 e. The molecule has 40 heavy (non-hydrogen) atoms. The molecule has 0 saturated heterocycles. The highest BCUT2D eigenvalue weighted by Crippen LogP contribution is 2.48. The second-order valence-electron chi connectivity index (χ2n) is 10.7. The van der Waals surface area contributed by atoms with E-state index in [0.29, 0.717) is 52.1 Å². The highest BCUT2D eigenvalue weighted by molar-refractivity contribution is 9.10. The standard InChI is InChI=1S/C32H36BrNO6/c1-4-39-27-17-21(14-24(33)31(27)36)29-28(32(37)40-23-8-6-5-7-9-23)18(2)34-25-15-20(16-26(35)30(25)29)19-10-12-22(38-3)13-11-19/h10-14,17,20,23,29,34,36H,4-9,15-16H2,1-3H3/t20-,29-/m1/s1. The SMILES string of the molecule is CCOc1cc([C@@H]2C(C(=O)OC3CCCCC3)=C(C)NC3=C2C(=O)C[C@H](c2ccc(OC)cc2)C3)cc(Br)c1O. The summed E-state index contributed by atoms with van der Waals surface area (Å²) in [6, 6.07) is 11.3. The highest BCUT2D eigenvalue weighted by atomic mass is 79.9. The molecule has 0 radical (unpaired) electrons. The number of dihydropyridines is 1. The fourth-order valence-corrected chi connectivity index (χ4v) is 6.64. The number of hydrogen-bond donors (Lipinski definition) is 2. The van der Waals surface area contributed by atoms with Crippen molar-refractivity contribution in [3.8, 4) is 17.2 Å². The van der Waals surface area contributed by atoms with Crippen molar-refractivity contribution in [2.24, 2.45) is 0 Å². The van der Waals surface area contributed by atoms with Crippen molar-refractivity contribution < 1.29 is 28.9 Å². The van der Waals surface area contributed by atoms with Gasteiger partial charge in [0.1, 0.15) is 11.9 Å². The van der Waals surface area contributed by atoms with E-state index in [0.717, 1.165) is 49.1 Å². The van der Waals surface area contributed by atoms with Crippen LogP contribution < -0.4 is 14.8 Å². The number of phenolic OH excluding ortho intramolecular Hbond substituents is 1. The largest absolute Gasteiger partial charge is 0.503 e. The first-order chi connectivity index (χ1) is 19.3. The van der Waals surface area contributed by atoms with E-state index < -0.39 is 11.9 Å². The summed E-state index contributed by atoms with van der Waals surface area (Å²) in [4.78, 5) is 27.7. The maximum absolute atomic E-state index is 14.0. The molecule has 0 spiro atoms. The van der Waals surface area contributed by atoms with Crippen LogP contribution in [0.3, 0.4) is 0 Å². The van der Waals surface area contributed by atoms with Crippen LogP contribution >= 0.6 is 15.9 Å². The minimum absolute atomic E-state index is 0.000568. The van der Waals surface area contributed by atoms with E-state index >= 15 is 0 Å². The predicted molar refractivity (Wildman–Crippen MR) is 156 cm³/mol. The molecule has 0 amide bonds. The van der Waals surface area contributed by atoms with Gasteiger partial charge in [-0.15, -0.1) is 0 Å². The normalized spacial score (nSPS) is 21.6. The van der Waals surface area contributed by atoms with Crippen LogP contribution in [-0.2, 0) is 14.3 Å². The fourth-order valence-electron chi connectivity index (χ4n) is 6.18. The van der Waals surface area contributed by atoms with Gasteiger partial charge in [0.2, 0.25) is 0 Å². The summed E-state index contributed by atoms with van der Waals surface area (Å²) in [5.74, 6) is -0.0190. The van der Waals surface area contributed by atoms with E-state index in [-0.39, 0.29) is 23.6 Å². The predicted octanol–water partition coefficient (Wildman–Crippen LogP) is 6.80. The Balaban J connectivity index is 1.57. The summed E-state index contributed by atoms with van der Waals surface area (Å²) in [6.07, 6.45) is 5.78. The molecule has 1 saturated carbocycles. The molecule has 7 nitrogen and oxygen atoms in total. The summed E-state index contributed by atoms with van der Waals surface area (Å²) in [6.45, 7) is 4.07. The molecule has 2 aromatic rings. The lowest BCUT2D eigenvalue weighted by atomic mass is 9.71. The summed E-state index contributed by atoms with van der Waals surface area (Å²) >= 11 is 3.45. The van der Waals surface area contributed by atoms with Gasteiger partial charge in [0.15, 0.2) is 17.3 Å². The Morgan fingerprint density at radius 2 is 1.80 bits per heavy atom. The average molecular weight is 611 g/mol. The zero-order chi connectivity index (χ0) is 28.4. The van der Waals surface area contributed by atoms with Crippen molar-refractivity contribution in [2.75, 3.05) is 13.7 Å². The van der Waals surface area contributed by atoms with Crippen LogP contribution in [0, 0.1) is 0 Å². The van der Waals surface area contributed by atoms with Crippen molar-refractivity contribution in [2.45, 2.75) is 76.7 Å². The van der Waals surface area contributed by atoms with Gasteiger partial charge in [0.05, 0.1) is 23.8 Å². The molecule has 5 rings (SSSR count). The number of halogens is 1. The zero-order valence-electron chi connectivity index (χ0n) is 23.2. The number of rotatable bonds is 7. The fraction of sp³-hybridized carbons (Fsp3) is 0.438. The first-order valence-electron chi connectivity index (χ1n) is 14.0. The number of Topliss-reactive ketones (excluding diaryl/α,β-unsaturated/α-hetero) is 1. The molecule has 1 heterocycles. The number of carbonyl (C=O) groups is 2. The van der Waals surface area contributed by atoms with Crippen molar-refractivity contribution in [3.05, 3.63) is 74.5 Å². The van der Waals surface area contributed by atoms with Gasteiger partial charge in [-0.3, -0.25) is 4.79 Å². The van der Waals surface area contributed by atoms with E-state index in [9.17, 15) is 14.7 Å². The van der Waals surface area contributed by atoms with Crippen molar-refractivity contribution in [1.29, 1.82) is 0 Å². The van der Waals surface area contributed by atoms with E-state index in [1.807, 2.05) is 38.1 Å². The molecular weight excluding hydrogens is 574 g/mol. The van der Waals surface area contributed by atoms with Crippen LogP contribution in [0.4, 0.5) is 0 Å². The van der Waals surface area contributed by atoms with Crippen LogP contribution in [0.1, 0.15) is 81.8 Å². The number of ether oxygens (including phenoxy) is 3. The van der Waals surface area contributed by atoms with Gasteiger partial charge < -0.3 is 24.6 Å². The van der Waals surface area contributed by atoms with E-state index in [1.165, 1.54) is 0 Å². The lowest BCUT2D eigenvalue weighted by Gasteiger charge is -2.37. The minimum atomic E-state index is -0.646. The lowest BCUT2D eigenvalue weighted by molar-refractivity contribution is -0.146. The Kier molecular flexibility index (Phi) is 8.54. The van der Waals surface area contributed by atoms with Crippen molar-refractivity contribution in [3.63, 3.8) is 0 Å². The summed E-state index contributed by atoms with van der Waals surface area (Å²) in [7, 11) is 1.63. The number of esters is 1. The number of methoxy groups -OCH3 is 1. The molecule has 2 aromatic carbocycles. The molecule has 0 aromatic heterocycles. The summed E-state index contributed by atoms with van der Waals surface area (Å²) in [5, 5.41) is 14.0. The number of nitrogens with one attached hydrogen (secondary N) is 1. The molecular formula is C32H36BrNO6. The smallest absolute Gasteiger partial charge is 0.337 e. The Bertz CT molecular complexity index is 1360. The third-order valence-corrected chi connectivity index (χ3v) is 8.75. The Labute approximate surface area is 243 Å². The molecule has 212 valence electrons. The maximum Gasteiger partial charge on any atom is 0.337 e. The molecule has 0 bridgehead atoms. The Morgan fingerprint density at radius 1 is 1.07 bits per heavy atom. The second-order valence-corrected chi connectivity index (χ2v) is 11.6. The van der Waals surface area contributed by atoms with Gasteiger partial charge in [-0.1, -0.05) is 18.6 Å². The first-order valence-corrected chi connectivity index (χ1v) is 14.8. The number of aromatic hydroxyl groups is 1. The summed E-state index contributed by atoms with van der Waals surface area (Å²) in [5.41, 5.74) is 4.25. The number of hydrogen-bond acceptors (Lipinski definition) is 7. The highest BCUT2D eigenvalue weighted by Gasteiger charge is 2.42. The molecule has 2 atom stereocenters. The van der Waals surface area contributed by atoms with Crippen LogP contribution in [-0.4, -0.2) is 36.7 Å². The number of allylic oxidation sites excluding steroid dienone is 3. The molecule has 2 N–H and O–H groups in total. The molecule has 1 aliphatic heterocycles. The van der Waals surface area contributed by atoms with Gasteiger partial charge in [-0.2, -0.15) is 0 Å². The zero-order valence-corrected chi connectivity index (χ0v) is 24.8. The van der Waals surface area contributed by atoms with E-state index in [1.54, 1.807) is 19.2 Å². The van der Waals surface area contributed by atoms with Crippen LogP contribution in [0.15, 0.2) is 63.4 Å². The van der Waals surface area contributed by atoms with Gasteiger partial charge in [-0.05, 0) is 103 Å². The number of phenols is 1. The van der Waals surface area contributed by atoms with Gasteiger partial charge in [0, 0.05) is 29.3 Å². The van der Waals surface area contributed by atoms with Gasteiger partial charge in [0.25, 0.3) is 0 Å². The molecule has 1 fully saturated rings. The Morgan fingerprint density at radius 3 is 2.48 bits per heavy atom. The third kappa shape index (κ3) is 5.64. The number of carbonyl (C=O) groups excluding carboxylic acids is 2. The molecule has 0 unspecified atom stereocenters. The maximum atomic E-state index is 14.0. The van der Waals surface area contributed by atoms with Crippen LogP contribution in [0.5, 0.6) is 17.2 Å². The topological polar surface area (TPSA) is 94.1 Å². The summed E-state index contributed by atoms with van der Waals surface area (Å²) < 4.78 is 17.5. The van der Waals surface area contributed by atoms with Gasteiger partial charge >= 0.3 is 5.97 Å². The lowest BCUT2D eigenvalue weighted by Crippen LogP contribution is -2.37. The third-order valence-electron chi connectivity index (χ3n) is 8.14. The van der Waals surface area contributed by atoms with Crippen LogP contribution in [0.2, 0.25) is 0 Å². The molecule has 2 aliphatic carbocycles. The quantitative estimate of drug-likeness (QED) is 0.333. The first kappa shape index (κ1) is 28.3. The van der Waals surface area contributed by atoms with Crippen LogP contribution in [0.25, 0.3) is 0 Å². The number of benzene rings is 2. The van der Waals surface area contributed by atoms with E-state index in [2.05, 4.69) is 21.2 Å². The number of ketones is 1.